The number of carboxylic acids is 1. The van der Waals surface area contributed by atoms with Crippen molar-refractivity contribution < 1.29 is 14.7 Å². The maximum atomic E-state index is 13.1. The maximum Gasteiger partial charge on any atom is 0.226 e. The molecule has 130 valence electrons. The van der Waals surface area contributed by atoms with Crippen LogP contribution in [0.4, 0.5) is 0 Å². The Kier molecular flexibility index (Phi) is 3.45. The van der Waals surface area contributed by atoms with Crippen LogP contribution in [0.1, 0.15) is 73.1 Å². The van der Waals surface area contributed by atoms with E-state index in [-0.39, 0.29) is 28.1 Å². The van der Waals surface area contributed by atoms with Gasteiger partial charge in [-0.25, -0.2) is 0 Å². The van der Waals surface area contributed by atoms with Crippen LogP contribution in [0.25, 0.3) is 0 Å². The fourth-order valence-corrected chi connectivity index (χ4v) is 7.32. The Labute approximate surface area is 139 Å². The van der Waals surface area contributed by atoms with Gasteiger partial charge < -0.3 is 15.2 Å². The van der Waals surface area contributed by atoms with E-state index in [9.17, 15) is 14.7 Å². The molecule has 0 spiro atoms. The van der Waals surface area contributed by atoms with Crippen molar-refractivity contribution in [2.24, 2.45) is 27.6 Å². The van der Waals surface area contributed by atoms with Gasteiger partial charge in [0.1, 0.15) is 0 Å². The Bertz CT molecular complexity index is 499. The molecule has 4 fully saturated rings. The molecule has 4 bridgehead atoms. The SMILES string of the molecule is CC(C)[C@@H](NC(=O)C12CC3(C)CC(C)(CC(C)(C3)C1)C2)C(=O)[O-]. The summed E-state index contributed by atoms with van der Waals surface area (Å²) >= 11 is 0. The zero-order chi connectivity index (χ0) is 17.3. The van der Waals surface area contributed by atoms with Crippen LogP contribution < -0.4 is 10.4 Å². The lowest BCUT2D eigenvalue weighted by atomic mass is 9.36. The zero-order valence-corrected chi connectivity index (χ0v) is 15.1. The van der Waals surface area contributed by atoms with Crippen LogP contribution in [-0.4, -0.2) is 17.9 Å². The number of carboxylic acid groups (broad SMARTS) is 1. The molecule has 1 N–H and O–H groups in total. The van der Waals surface area contributed by atoms with E-state index in [4.69, 9.17) is 0 Å². The molecule has 0 saturated heterocycles. The Balaban J connectivity index is 1.90. The molecule has 0 aliphatic heterocycles. The summed E-state index contributed by atoms with van der Waals surface area (Å²) < 4.78 is 0. The van der Waals surface area contributed by atoms with Gasteiger partial charge in [-0.2, -0.15) is 0 Å². The molecule has 0 aromatic heterocycles. The van der Waals surface area contributed by atoms with Crippen LogP contribution in [0.3, 0.4) is 0 Å². The van der Waals surface area contributed by atoms with E-state index in [1.807, 2.05) is 13.8 Å². The Morgan fingerprint density at radius 3 is 1.57 bits per heavy atom. The third kappa shape index (κ3) is 2.68. The number of hydrogen-bond acceptors (Lipinski definition) is 3. The number of carbonyl (C=O) groups excluding carboxylic acids is 2. The van der Waals surface area contributed by atoms with E-state index in [1.54, 1.807) is 0 Å². The largest absolute Gasteiger partial charge is 0.548 e. The lowest BCUT2D eigenvalue weighted by Gasteiger charge is -2.68. The first-order valence-electron chi connectivity index (χ1n) is 8.92. The highest BCUT2D eigenvalue weighted by molar-refractivity contribution is 5.87. The average Bonchev–Trinajstić information content (AvgIpc) is 2.28. The summed E-state index contributed by atoms with van der Waals surface area (Å²) in [5.41, 5.74) is 0.245. The van der Waals surface area contributed by atoms with Crippen LogP contribution in [0.15, 0.2) is 0 Å². The van der Waals surface area contributed by atoms with Gasteiger partial charge in [-0.05, 0) is 60.7 Å². The first kappa shape index (κ1) is 16.8. The number of carbonyl (C=O) groups is 2. The second-order valence-corrected chi connectivity index (χ2v) is 10.3. The van der Waals surface area contributed by atoms with Gasteiger partial charge in [0.25, 0.3) is 0 Å². The molecular formula is C19H30NO3-. The van der Waals surface area contributed by atoms with Crippen molar-refractivity contribution in [3.63, 3.8) is 0 Å². The summed E-state index contributed by atoms with van der Waals surface area (Å²) in [5.74, 6) is -1.40. The molecular weight excluding hydrogens is 290 g/mol. The molecule has 0 aromatic carbocycles. The Morgan fingerprint density at radius 1 is 0.870 bits per heavy atom. The maximum absolute atomic E-state index is 13.1. The van der Waals surface area contributed by atoms with E-state index < -0.39 is 17.4 Å². The fourth-order valence-electron chi connectivity index (χ4n) is 7.32. The third-order valence-electron chi connectivity index (χ3n) is 6.55. The minimum absolute atomic E-state index is 0.0526. The predicted molar refractivity (Wildman–Crippen MR) is 86.2 cm³/mol. The van der Waals surface area contributed by atoms with Gasteiger partial charge in [-0.3, -0.25) is 4.79 Å². The van der Waals surface area contributed by atoms with E-state index in [0.29, 0.717) is 0 Å². The summed E-state index contributed by atoms with van der Waals surface area (Å²) in [4.78, 5) is 24.5. The molecule has 23 heavy (non-hydrogen) atoms. The van der Waals surface area contributed by atoms with Crippen LogP contribution in [0, 0.1) is 27.6 Å². The molecule has 0 unspecified atom stereocenters. The molecule has 1 atom stereocenters. The number of hydrogen-bond donors (Lipinski definition) is 1. The summed E-state index contributed by atoms with van der Waals surface area (Å²) in [6.45, 7) is 10.6. The van der Waals surface area contributed by atoms with Gasteiger partial charge in [0.15, 0.2) is 0 Å². The summed E-state index contributed by atoms with van der Waals surface area (Å²) in [6.07, 6.45) is 6.27. The van der Waals surface area contributed by atoms with E-state index in [2.05, 4.69) is 26.1 Å². The second-order valence-electron chi connectivity index (χ2n) is 10.3. The minimum atomic E-state index is -1.18. The molecule has 4 saturated carbocycles. The quantitative estimate of drug-likeness (QED) is 0.864. The highest BCUT2D eigenvalue weighted by atomic mass is 16.4. The molecule has 0 aromatic rings. The van der Waals surface area contributed by atoms with Crippen molar-refractivity contribution in [1.82, 2.24) is 5.32 Å². The summed E-state index contributed by atoms with van der Waals surface area (Å²) in [6, 6.07) is -0.899. The lowest BCUT2D eigenvalue weighted by Crippen LogP contribution is -2.64. The van der Waals surface area contributed by atoms with Gasteiger partial charge in [-0.15, -0.1) is 0 Å². The number of nitrogens with one attached hydrogen (secondary N) is 1. The average molecular weight is 320 g/mol. The van der Waals surface area contributed by atoms with Crippen molar-refractivity contribution in [3.8, 4) is 0 Å². The van der Waals surface area contributed by atoms with Gasteiger partial charge in [0.2, 0.25) is 5.91 Å². The fraction of sp³-hybridized carbons (Fsp3) is 0.895. The number of amides is 1. The Hall–Kier alpha value is -1.06. The van der Waals surface area contributed by atoms with Crippen molar-refractivity contribution in [2.45, 2.75) is 79.2 Å². The summed E-state index contributed by atoms with van der Waals surface area (Å²) in [7, 11) is 0. The summed E-state index contributed by atoms with van der Waals surface area (Å²) in [5, 5.41) is 14.2. The molecule has 4 rings (SSSR count). The number of rotatable bonds is 4. The first-order valence-corrected chi connectivity index (χ1v) is 8.92. The van der Waals surface area contributed by atoms with Crippen molar-refractivity contribution in [1.29, 1.82) is 0 Å². The number of aliphatic carboxylic acids is 1. The van der Waals surface area contributed by atoms with Crippen LogP contribution in [0.5, 0.6) is 0 Å². The zero-order valence-electron chi connectivity index (χ0n) is 15.1. The smallest absolute Gasteiger partial charge is 0.226 e. The molecule has 0 radical (unpaired) electrons. The van der Waals surface area contributed by atoms with Crippen LogP contribution in [-0.2, 0) is 9.59 Å². The molecule has 4 nitrogen and oxygen atoms in total. The van der Waals surface area contributed by atoms with Gasteiger partial charge in [0, 0.05) is 0 Å². The van der Waals surface area contributed by atoms with E-state index >= 15 is 0 Å². The van der Waals surface area contributed by atoms with E-state index in [0.717, 1.165) is 19.3 Å². The molecule has 1 amide bonds. The topological polar surface area (TPSA) is 69.2 Å². The van der Waals surface area contributed by atoms with Crippen molar-refractivity contribution in [2.75, 3.05) is 0 Å². The minimum Gasteiger partial charge on any atom is -0.548 e. The third-order valence-corrected chi connectivity index (χ3v) is 6.55. The highest BCUT2D eigenvalue weighted by Crippen LogP contribution is 2.73. The van der Waals surface area contributed by atoms with E-state index in [1.165, 1.54) is 19.3 Å². The standard InChI is InChI=1S/C19H31NO3/c1-12(2)13(14(21)22)20-15(23)19-9-16(3)6-17(4,10-19)8-18(5,7-16)11-19/h12-13H,6-11H2,1-5H3,(H,20,23)(H,21,22)/p-1/t13-,16?,17?,18?,19?/m1/s1. The first-order chi connectivity index (χ1) is 10.4. The normalized spacial score (nSPS) is 46.0. The van der Waals surface area contributed by atoms with Crippen LogP contribution >= 0.6 is 0 Å². The molecule has 0 heterocycles. The van der Waals surface area contributed by atoms with Gasteiger partial charge >= 0.3 is 0 Å². The van der Waals surface area contributed by atoms with Gasteiger partial charge in [-0.1, -0.05) is 34.6 Å². The predicted octanol–water partition coefficient (Wildman–Crippen LogP) is 2.26. The monoisotopic (exact) mass is 320 g/mol. The molecule has 4 aliphatic rings. The van der Waals surface area contributed by atoms with Crippen LogP contribution in [0.2, 0.25) is 0 Å². The molecule has 4 heteroatoms. The highest BCUT2D eigenvalue weighted by Gasteiger charge is 2.66. The Morgan fingerprint density at radius 2 is 1.26 bits per heavy atom. The van der Waals surface area contributed by atoms with Crippen molar-refractivity contribution in [3.05, 3.63) is 0 Å². The van der Waals surface area contributed by atoms with Gasteiger partial charge in [0.05, 0.1) is 17.4 Å². The second kappa shape index (κ2) is 4.73. The lowest BCUT2D eigenvalue weighted by molar-refractivity contribution is -0.309. The van der Waals surface area contributed by atoms with Crippen molar-refractivity contribution >= 4 is 11.9 Å². The molecule has 4 aliphatic carbocycles.